The summed E-state index contributed by atoms with van der Waals surface area (Å²) >= 11 is 0. The van der Waals surface area contributed by atoms with Crippen molar-refractivity contribution in [2.24, 2.45) is 0 Å². The summed E-state index contributed by atoms with van der Waals surface area (Å²) in [6, 6.07) is 0. The number of allylic oxidation sites excluding steroid dienone is 10. The van der Waals surface area contributed by atoms with E-state index in [2.05, 4.69) is 81.5 Å². The lowest BCUT2D eigenvalue weighted by Crippen LogP contribution is -2.30. The van der Waals surface area contributed by atoms with Crippen molar-refractivity contribution in [2.45, 2.75) is 303 Å². The summed E-state index contributed by atoms with van der Waals surface area (Å²) in [4.78, 5) is 38.1. The third kappa shape index (κ3) is 54.1. The molecule has 6 heteroatoms. The molecule has 0 aromatic rings. The quantitative estimate of drug-likeness (QED) is 0.0262. The van der Waals surface area contributed by atoms with Crippen LogP contribution in [0.1, 0.15) is 297 Å². The third-order valence-corrected chi connectivity index (χ3v) is 12.7. The molecule has 0 radical (unpaired) electrons. The van der Waals surface area contributed by atoms with E-state index in [9.17, 15) is 14.4 Å². The molecule has 0 aliphatic heterocycles. The summed E-state index contributed by atoms with van der Waals surface area (Å²) in [5.41, 5.74) is 0. The first kappa shape index (κ1) is 65.1. The third-order valence-electron chi connectivity index (χ3n) is 12.7. The predicted molar refractivity (Wildman–Crippen MR) is 293 cm³/mol. The molecule has 0 heterocycles. The summed E-state index contributed by atoms with van der Waals surface area (Å²) in [7, 11) is 0. The van der Waals surface area contributed by atoms with Crippen LogP contribution >= 0.6 is 0 Å². The Morgan fingerprint density at radius 1 is 0.294 bits per heavy atom. The highest BCUT2D eigenvalue weighted by Gasteiger charge is 2.19. The second-order valence-corrected chi connectivity index (χ2v) is 19.5. The molecule has 0 aromatic carbocycles. The molecule has 1 unspecified atom stereocenters. The van der Waals surface area contributed by atoms with Crippen molar-refractivity contribution in [3.05, 3.63) is 60.8 Å². The lowest BCUT2D eigenvalue weighted by atomic mass is 10.1. The van der Waals surface area contributed by atoms with Gasteiger partial charge in [-0.05, 0) is 103 Å². The number of unbranched alkanes of at least 4 members (excludes halogenated alkanes) is 32. The van der Waals surface area contributed by atoms with Gasteiger partial charge in [0.2, 0.25) is 0 Å². The molecule has 0 saturated carbocycles. The Balaban J connectivity index is 4.35. The molecular formula is C62H110O6. The van der Waals surface area contributed by atoms with Gasteiger partial charge in [-0.2, -0.15) is 0 Å². The van der Waals surface area contributed by atoms with Gasteiger partial charge in [-0.15, -0.1) is 0 Å². The van der Waals surface area contributed by atoms with Crippen LogP contribution in [0.3, 0.4) is 0 Å². The zero-order chi connectivity index (χ0) is 49.3. The number of hydrogen-bond donors (Lipinski definition) is 0. The summed E-state index contributed by atoms with van der Waals surface area (Å²) in [5.74, 6) is -0.900. The van der Waals surface area contributed by atoms with Crippen LogP contribution in [0.4, 0.5) is 0 Å². The summed E-state index contributed by atoms with van der Waals surface area (Å²) in [5, 5.41) is 0. The van der Waals surface area contributed by atoms with Crippen LogP contribution in [-0.2, 0) is 28.6 Å². The van der Waals surface area contributed by atoms with Gasteiger partial charge in [-0.3, -0.25) is 14.4 Å². The van der Waals surface area contributed by atoms with E-state index in [-0.39, 0.29) is 31.1 Å². The van der Waals surface area contributed by atoms with Crippen LogP contribution in [0.25, 0.3) is 0 Å². The standard InChI is InChI=1S/C62H110O6/c1-4-7-10-13-16-19-22-24-26-28-30-31-32-34-35-37-40-43-46-49-52-55-61(64)67-58-59(57-66-60(63)54-51-48-45-42-39-21-18-15-12-9-6-3)68-62(65)56-53-50-47-44-41-38-36-33-29-27-25-23-20-17-14-11-8-5-2/h15,18,22,24,27-30,32,34,59H,4-14,16-17,19-21,23,25-26,31,33,35-58H2,1-3H3/b18-15-,24-22-,29-27-,30-28-,34-32-. The van der Waals surface area contributed by atoms with Crippen LogP contribution in [0.5, 0.6) is 0 Å². The molecule has 394 valence electrons. The Morgan fingerprint density at radius 2 is 0.544 bits per heavy atom. The van der Waals surface area contributed by atoms with Gasteiger partial charge in [0.25, 0.3) is 0 Å². The van der Waals surface area contributed by atoms with Crippen molar-refractivity contribution in [1.82, 2.24) is 0 Å². The van der Waals surface area contributed by atoms with Crippen LogP contribution < -0.4 is 0 Å². The van der Waals surface area contributed by atoms with E-state index in [4.69, 9.17) is 14.2 Å². The van der Waals surface area contributed by atoms with Crippen LogP contribution in [-0.4, -0.2) is 37.2 Å². The molecule has 0 N–H and O–H groups in total. The number of carbonyl (C=O) groups is 3. The van der Waals surface area contributed by atoms with Crippen LogP contribution in [0.2, 0.25) is 0 Å². The van der Waals surface area contributed by atoms with Crippen molar-refractivity contribution in [1.29, 1.82) is 0 Å². The fraction of sp³-hybridized carbons (Fsp3) is 0.790. The minimum absolute atomic E-state index is 0.0840. The van der Waals surface area contributed by atoms with Gasteiger partial charge in [0, 0.05) is 19.3 Å². The second-order valence-electron chi connectivity index (χ2n) is 19.5. The molecule has 0 aliphatic rings. The largest absolute Gasteiger partial charge is 0.462 e. The van der Waals surface area contributed by atoms with Gasteiger partial charge in [-0.25, -0.2) is 0 Å². The molecule has 0 aromatic heterocycles. The van der Waals surface area contributed by atoms with Gasteiger partial charge >= 0.3 is 17.9 Å². The summed E-state index contributed by atoms with van der Waals surface area (Å²) in [6.07, 6.45) is 70.7. The smallest absolute Gasteiger partial charge is 0.306 e. The minimum Gasteiger partial charge on any atom is -0.462 e. The number of ether oxygens (including phenoxy) is 3. The normalized spacial score (nSPS) is 12.5. The Morgan fingerprint density at radius 3 is 0.882 bits per heavy atom. The molecule has 1 atom stereocenters. The first-order chi connectivity index (χ1) is 33.5. The highest BCUT2D eigenvalue weighted by Crippen LogP contribution is 2.15. The van der Waals surface area contributed by atoms with E-state index in [1.54, 1.807) is 0 Å². The monoisotopic (exact) mass is 951 g/mol. The van der Waals surface area contributed by atoms with Gasteiger partial charge in [0.1, 0.15) is 13.2 Å². The van der Waals surface area contributed by atoms with Crippen LogP contribution in [0.15, 0.2) is 60.8 Å². The molecule has 0 bridgehead atoms. The molecule has 6 nitrogen and oxygen atoms in total. The molecule has 68 heavy (non-hydrogen) atoms. The number of carbonyl (C=O) groups excluding carboxylic acids is 3. The Labute approximate surface area is 421 Å². The first-order valence-electron chi connectivity index (χ1n) is 29.3. The maximum Gasteiger partial charge on any atom is 0.306 e. The number of esters is 3. The predicted octanol–water partition coefficient (Wildman–Crippen LogP) is 19.6. The van der Waals surface area contributed by atoms with Gasteiger partial charge in [-0.1, -0.05) is 236 Å². The molecule has 0 amide bonds. The lowest BCUT2D eigenvalue weighted by Gasteiger charge is -2.18. The fourth-order valence-corrected chi connectivity index (χ4v) is 8.25. The van der Waals surface area contributed by atoms with E-state index in [0.29, 0.717) is 19.3 Å². The molecule has 0 saturated heterocycles. The molecule has 0 aliphatic carbocycles. The summed E-state index contributed by atoms with van der Waals surface area (Å²) in [6.45, 7) is 6.59. The second kappa shape index (κ2) is 56.7. The molecular weight excluding hydrogens is 841 g/mol. The SMILES string of the molecule is CCCC/C=C\CCCCCCCC(=O)OCC(COC(=O)CCCCCCCC/C=C\C/C=C\C/C=C\CCCCCCC)OC(=O)CCCCCCCCC/C=C\CCCCCCCCC. The lowest BCUT2D eigenvalue weighted by molar-refractivity contribution is -0.167. The molecule has 0 spiro atoms. The topological polar surface area (TPSA) is 78.9 Å². The van der Waals surface area contributed by atoms with Gasteiger partial charge < -0.3 is 14.2 Å². The van der Waals surface area contributed by atoms with E-state index in [1.807, 2.05) is 0 Å². The first-order valence-corrected chi connectivity index (χ1v) is 29.3. The Hall–Kier alpha value is -2.89. The van der Waals surface area contributed by atoms with Gasteiger partial charge in [0.05, 0.1) is 0 Å². The molecule has 0 fully saturated rings. The van der Waals surface area contributed by atoms with Crippen molar-refractivity contribution in [3.63, 3.8) is 0 Å². The van der Waals surface area contributed by atoms with E-state index >= 15 is 0 Å². The average molecular weight is 952 g/mol. The highest BCUT2D eigenvalue weighted by atomic mass is 16.6. The van der Waals surface area contributed by atoms with Gasteiger partial charge in [0.15, 0.2) is 6.10 Å². The fourth-order valence-electron chi connectivity index (χ4n) is 8.25. The highest BCUT2D eigenvalue weighted by molar-refractivity contribution is 5.71. The number of rotatable bonds is 53. The van der Waals surface area contributed by atoms with E-state index in [1.165, 1.54) is 173 Å². The van der Waals surface area contributed by atoms with Crippen molar-refractivity contribution < 1.29 is 28.6 Å². The maximum atomic E-state index is 12.9. The summed E-state index contributed by atoms with van der Waals surface area (Å²) < 4.78 is 16.8. The van der Waals surface area contributed by atoms with Crippen LogP contribution in [0, 0.1) is 0 Å². The maximum absolute atomic E-state index is 12.9. The molecule has 0 rings (SSSR count). The Kier molecular flexibility index (Phi) is 54.3. The van der Waals surface area contributed by atoms with Crippen molar-refractivity contribution >= 4 is 17.9 Å². The van der Waals surface area contributed by atoms with E-state index < -0.39 is 6.10 Å². The zero-order valence-electron chi connectivity index (χ0n) is 45.1. The van der Waals surface area contributed by atoms with Crippen molar-refractivity contribution in [3.8, 4) is 0 Å². The average Bonchev–Trinajstić information content (AvgIpc) is 3.34. The van der Waals surface area contributed by atoms with E-state index in [0.717, 1.165) is 83.5 Å². The Bertz CT molecular complexity index is 1230. The zero-order valence-corrected chi connectivity index (χ0v) is 45.1. The van der Waals surface area contributed by atoms with Crippen molar-refractivity contribution in [2.75, 3.05) is 13.2 Å². The minimum atomic E-state index is -0.785. The number of hydrogen-bond acceptors (Lipinski definition) is 6.